The Balaban J connectivity index is 2.72. The van der Waals surface area contributed by atoms with Gasteiger partial charge < -0.3 is 0 Å². The van der Waals surface area contributed by atoms with Gasteiger partial charge in [0.15, 0.2) is 0 Å². The third-order valence-corrected chi connectivity index (χ3v) is 2.27. The highest BCUT2D eigenvalue weighted by Crippen LogP contribution is 2.30. The van der Waals surface area contributed by atoms with Crippen molar-refractivity contribution in [1.29, 1.82) is 5.26 Å². The van der Waals surface area contributed by atoms with Crippen LogP contribution in [-0.2, 0) is 0 Å². The van der Waals surface area contributed by atoms with Crippen molar-refractivity contribution in [3.63, 3.8) is 0 Å². The molecule has 0 spiro atoms. The molecule has 0 aliphatic carbocycles. The van der Waals surface area contributed by atoms with Crippen molar-refractivity contribution in [2.45, 2.75) is 6.92 Å². The summed E-state index contributed by atoms with van der Waals surface area (Å²) in [5.74, 6) is 0.920. The van der Waals surface area contributed by atoms with E-state index >= 15 is 0 Å². The standard InChI is InChI=1S/C6H7NS/c1-6(4-7)2-3-8-5-6/h2-3H,5H2,1H3. The smallest absolute Gasteiger partial charge is 0.0826 e. The van der Waals surface area contributed by atoms with Gasteiger partial charge >= 0.3 is 0 Å². The van der Waals surface area contributed by atoms with Crippen molar-refractivity contribution in [3.05, 3.63) is 11.5 Å². The van der Waals surface area contributed by atoms with E-state index in [0.717, 1.165) is 5.75 Å². The number of rotatable bonds is 0. The summed E-state index contributed by atoms with van der Waals surface area (Å²) in [6.07, 6.45) is 1.96. The van der Waals surface area contributed by atoms with Crippen LogP contribution in [0.1, 0.15) is 6.92 Å². The maximum atomic E-state index is 8.51. The summed E-state index contributed by atoms with van der Waals surface area (Å²) < 4.78 is 0. The summed E-state index contributed by atoms with van der Waals surface area (Å²) in [5, 5.41) is 10.5. The monoisotopic (exact) mass is 125 g/mol. The average Bonchev–Trinajstić information content (AvgIpc) is 2.17. The Labute approximate surface area is 53.4 Å². The second kappa shape index (κ2) is 1.83. The summed E-state index contributed by atoms with van der Waals surface area (Å²) in [6, 6.07) is 2.23. The summed E-state index contributed by atoms with van der Waals surface area (Å²) >= 11 is 1.70. The van der Waals surface area contributed by atoms with E-state index in [1.165, 1.54) is 0 Å². The van der Waals surface area contributed by atoms with Crippen LogP contribution in [0.2, 0.25) is 0 Å². The number of nitriles is 1. The molecular weight excluding hydrogens is 118 g/mol. The molecule has 1 heterocycles. The van der Waals surface area contributed by atoms with Crippen LogP contribution in [0.3, 0.4) is 0 Å². The van der Waals surface area contributed by atoms with E-state index in [1.807, 2.05) is 18.4 Å². The molecule has 0 aromatic heterocycles. The van der Waals surface area contributed by atoms with Crippen molar-refractivity contribution < 1.29 is 0 Å². The molecule has 0 aromatic rings. The van der Waals surface area contributed by atoms with Gasteiger partial charge in [-0.25, -0.2) is 0 Å². The molecule has 1 nitrogen and oxygen atoms in total. The molecule has 1 aliphatic rings. The van der Waals surface area contributed by atoms with Crippen LogP contribution in [0.25, 0.3) is 0 Å². The van der Waals surface area contributed by atoms with Gasteiger partial charge in [-0.2, -0.15) is 5.26 Å². The van der Waals surface area contributed by atoms with Gasteiger partial charge in [0.1, 0.15) is 0 Å². The maximum absolute atomic E-state index is 8.51. The van der Waals surface area contributed by atoms with Gasteiger partial charge in [-0.3, -0.25) is 0 Å². The first-order chi connectivity index (χ1) is 3.77. The lowest BCUT2D eigenvalue weighted by Crippen LogP contribution is -2.08. The molecular formula is C6H7NS. The van der Waals surface area contributed by atoms with Gasteiger partial charge in [0.2, 0.25) is 0 Å². The van der Waals surface area contributed by atoms with Crippen molar-refractivity contribution in [2.75, 3.05) is 5.75 Å². The number of nitrogens with zero attached hydrogens (tertiary/aromatic N) is 1. The quantitative estimate of drug-likeness (QED) is 0.492. The zero-order chi connectivity index (χ0) is 6.04. The molecule has 0 N–H and O–H groups in total. The van der Waals surface area contributed by atoms with Crippen LogP contribution in [0.4, 0.5) is 0 Å². The Hall–Kier alpha value is -0.420. The van der Waals surface area contributed by atoms with Gasteiger partial charge in [0, 0.05) is 5.75 Å². The van der Waals surface area contributed by atoms with Gasteiger partial charge in [0.25, 0.3) is 0 Å². The number of hydrogen-bond donors (Lipinski definition) is 0. The first-order valence-electron chi connectivity index (χ1n) is 2.47. The van der Waals surface area contributed by atoms with Gasteiger partial charge in [0.05, 0.1) is 11.5 Å². The minimum Gasteiger partial charge on any atom is -0.197 e. The molecule has 0 radical (unpaired) electrons. The first-order valence-corrected chi connectivity index (χ1v) is 3.52. The Bertz CT molecular complexity index is 156. The number of allylic oxidation sites excluding steroid dienone is 1. The van der Waals surface area contributed by atoms with E-state index in [1.54, 1.807) is 11.8 Å². The van der Waals surface area contributed by atoms with Crippen molar-refractivity contribution in [1.82, 2.24) is 0 Å². The zero-order valence-corrected chi connectivity index (χ0v) is 5.53. The zero-order valence-electron chi connectivity index (χ0n) is 4.72. The van der Waals surface area contributed by atoms with Crippen LogP contribution in [0, 0.1) is 16.7 Å². The predicted octanol–water partition coefficient (Wildman–Crippen LogP) is 1.78. The molecule has 0 bridgehead atoms. The third-order valence-electron chi connectivity index (χ3n) is 1.17. The first kappa shape index (κ1) is 5.71. The molecule has 42 valence electrons. The van der Waals surface area contributed by atoms with Gasteiger partial charge in [-0.05, 0) is 12.3 Å². The SMILES string of the molecule is CC1(C#N)C=CSC1. The number of hydrogen-bond acceptors (Lipinski definition) is 2. The molecule has 1 unspecified atom stereocenters. The molecule has 0 saturated carbocycles. The molecule has 1 aliphatic heterocycles. The third kappa shape index (κ3) is 0.873. The fourth-order valence-electron chi connectivity index (χ4n) is 0.537. The van der Waals surface area contributed by atoms with Crippen molar-refractivity contribution in [3.8, 4) is 6.07 Å². The van der Waals surface area contributed by atoms with E-state index < -0.39 is 0 Å². The van der Waals surface area contributed by atoms with Crippen molar-refractivity contribution >= 4 is 11.8 Å². The highest BCUT2D eigenvalue weighted by molar-refractivity contribution is 8.02. The van der Waals surface area contributed by atoms with Crippen LogP contribution in [0.15, 0.2) is 11.5 Å². The van der Waals surface area contributed by atoms with E-state index in [4.69, 9.17) is 5.26 Å². The summed E-state index contributed by atoms with van der Waals surface area (Å²) in [5.41, 5.74) is -0.176. The van der Waals surface area contributed by atoms with E-state index in [2.05, 4.69) is 6.07 Å². The van der Waals surface area contributed by atoms with Crippen LogP contribution >= 0.6 is 11.8 Å². The minimum absolute atomic E-state index is 0.176. The van der Waals surface area contributed by atoms with Crippen LogP contribution < -0.4 is 0 Å². The van der Waals surface area contributed by atoms with Gasteiger partial charge in [-0.15, -0.1) is 11.8 Å². The normalized spacial score (nSPS) is 35.0. The lowest BCUT2D eigenvalue weighted by atomic mass is 9.97. The van der Waals surface area contributed by atoms with E-state index in [0.29, 0.717) is 0 Å². The highest BCUT2D eigenvalue weighted by atomic mass is 32.2. The predicted molar refractivity (Wildman–Crippen MR) is 35.3 cm³/mol. The molecule has 0 amide bonds. The summed E-state index contributed by atoms with van der Waals surface area (Å²) in [7, 11) is 0. The number of thioether (sulfide) groups is 1. The summed E-state index contributed by atoms with van der Waals surface area (Å²) in [4.78, 5) is 0. The van der Waals surface area contributed by atoms with Crippen LogP contribution in [0.5, 0.6) is 0 Å². The molecule has 0 aromatic carbocycles. The Kier molecular flexibility index (Phi) is 1.31. The molecule has 0 saturated heterocycles. The minimum atomic E-state index is -0.176. The van der Waals surface area contributed by atoms with E-state index in [-0.39, 0.29) is 5.41 Å². The Morgan fingerprint density at radius 3 is 2.88 bits per heavy atom. The fourth-order valence-corrected chi connectivity index (χ4v) is 1.54. The molecule has 2 heteroatoms. The van der Waals surface area contributed by atoms with E-state index in [9.17, 15) is 0 Å². The average molecular weight is 125 g/mol. The topological polar surface area (TPSA) is 23.8 Å². The largest absolute Gasteiger partial charge is 0.197 e. The maximum Gasteiger partial charge on any atom is 0.0826 e. The van der Waals surface area contributed by atoms with Crippen molar-refractivity contribution in [2.24, 2.45) is 5.41 Å². The summed E-state index contributed by atoms with van der Waals surface area (Å²) in [6.45, 7) is 1.95. The molecule has 8 heavy (non-hydrogen) atoms. The highest BCUT2D eigenvalue weighted by Gasteiger charge is 2.23. The second-order valence-electron chi connectivity index (χ2n) is 2.14. The molecule has 0 fully saturated rings. The fraction of sp³-hybridized carbons (Fsp3) is 0.500. The van der Waals surface area contributed by atoms with Gasteiger partial charge in [-0.1, -0.05) is 6.08 Å². The second-order valence-corrected chi connectivity index (χ2v) is 3.04. The Morgan fingerprint density at radius 1 is 1.88 bits per heavy atom. The molecule has 1 rings (SSSR count). The molecule has 1 atom stereocenters. The Morgan fingerprint density at radius 2 is 2.62 bits per heavy atom. The lowest BCUT2D eigenvalue weighted by Gasteiger charge is -2.06. The lowest BCUT2D eigenvalue weighted by molar-refractivity contribution is 0.667. The van der Waals surface area contributed by atoms with Crippen LogP contribution in [-0.4, -0.2) is 5.75 Å².